The zero-order valence-electron chi connectivity index (χ0n) is 19.2. The monoisotopic (exact) mass is 443 g/mol. The van der Waals surface area contributed by atoms with Gasteiger partial charge in [0.15, 0.2) is 0 Å². The third kappa shape index (κ3) is 5.40. The van der Waals surface area contributed by atoms with Gasteiger partial charge in [-0.25, -0.2) is 9.38 Å². The Bertz CT molecular complexity index is 1160. The number of halogens is 1. The van der Waals surface area contributed by atoms with Gasteiger partial charge in [0, 0.05) is 23.9 Å². The molecule has 0 bridgehead atoms. The van der Waals surface area contributed by atoms with Gasteiger partial charge in [-0.3, -0.25) is 15.3 Å². The van der Waals surface area contributed by atoms with E-state index in [1.54, 1.807) is 19.2 Å². The number of hydroxylamine groups is 1. The van der Waals surface area contributed by atoms with Crippen molar-refractivity contribution in [3.8, 4) is 12.3 Å². The Labute approximate surface area is 195 Å². The largest absolute Gasteiger partial charge is 0.278 e. The summed E-state index contributed by atoms with van der Waals surface area (Å²) in [4.78, 5) is 14.5. The lowest BCUT2D eigenvalue weighted by Gasteiger charge is -2.33. The van der Waals surface area contributed by atoms with Crippen LogP contribution in [0.1, 0.15) is 49.7 Å². The summed E-state index contributed by atoms with van der Waals surface area (Å²) in [6.45, 7) is 2.21. The van der Waals surface area contributed by atoms with Gasteiger partial charge in [0.05, 0.1) is 18.3 Å². The summed E-state index contributed by atoms with van der Waals surface area (Å²) in [6, 6.07) is 14.9. The first-order valence-corrected chi connectivity index (χ1v) is 11.5. The zero-order chi connectivity index (χ0) is 23.2. The Hall–Kier alpha value is -3.23. The van der Waals surface area contributed by atoms with Crippen molar-refractivity contribution in [3.63, 3.8) is 0 Å². The maximum Gasteiger partial charge on any atom is 0.129 e. The first kappa shape index (κ1) is 22.9. The average Bonchev–Trinajstić information content (AvgIpc) is 2.84. The minimum absolute atomic E-state index is 0.210. The van der Waals surface area contributed by atoms with Crippen LogP contribution in [0.15, 0.2) is 59.7 Å². The Morgan fingerprint density at radius 1 is 1.18 bits per heavy atom. The summed E-state index contributed by atoms with van der Waals surface area (Å²) in [5, 5.41) is 0.936. The van der Waals surface area contributed by atoms with E-state index in [0.717, 1.165) is 53.7 Å². The van der Waals surface area contributed by atoms with E-state index in [9.17, 15) is 4.39 Å². The molecule has 1 aliphatic rings. The number of nitrogens with zero attached hydrogens (tertiary/aromatic N) is 2. The molecule has 170 valence electrons. The molecule has 1 atom stereocenters. The second-order valence-corrected chi connectivity index (χ2v) is 8.81. The number of benzene rings is 2. The number of hydrogen-bond donors (Lipinski definition) is 1. The van der Waals surface area contributed by atoms with Crippen molar-refractivity contribution < 1.29 is 9.23 Å². The quantitative estimate of drug-likeness (QED) is 0.209. The van der Waals surface area contributed by atoms with Gasteiger partial charge in [0.2, 0.25) is 0 Å². The van der Waals surface area contributed by atoms with Crippen molar-refractivity contribution >= 4 is 22.4 Å². The minimum atomic E-state index is -0.210. The van der Waals surface area contributed by atoms with E-state index in [1.807, 2.05) is 30.5 Å². The first-order chi connectivity index (χ1) is 16.1. The molecule has 1 aliphatic carbocycles. The van der Waals surface area contributed by atoms with Crippen molar-refractivity contribution in [2.24, 2.45) is 16.8 Å². The van der Waals surface area contributed by atoms with Crippen LogP contribution in [0.2, 0.25) is 0 Å². The lowest BCUT2D eigenvalue weighted by Crippen LogP contribution is -2.34. The Balaban J connectivity index is 1.47. The fraction of sp³-hybridized carbons (Fsp3) is 0.357. The van der Waals surface area contributed by atoms with E-state index < -0.39 is 0 Å². The lowest BCUT2D eigenvalue weighted by molar-refractivity contribution is 0.135. The molecule has 0 aliphatic heterocycles. The molecule has 1 heterocycles. The van der Waals surface area contributed by atoms with Crippen LogP contribution in [0.4, 0.5) is 10.1 Å². The van der Waals surface area contributed by atoms with Crippen LogP contribution in [0.5, 0.6) is 0 Å². The van der Waals surface area contributed by atoms with Gasteiger partial charge < -0.3 is 0 Å². The molecule has 0 saturated heterocycles. The highest BCUT2D eigenvalue weighted by Gasteiger charge is 2.29. The van der Waals surface area contributed by atoms with Gasteiger partial charge >= 0.3 is 0 Å². The molecule has 33 heavy (non-hydrogen) atoms. The molecule has 3 aromatic rings. The van der Waals surface area contributed by atoms with Crippen molar-refractivity contribution in [1.82, 2.24) is 10.5 Å². The molecular formula is C28H30FN3O. The number of aliphatic imine (C=N–C) groups is 1. The van der Waals surface area contributed by atoms with E-state index >= 15 is 0 Å². The molecule has 1 N–H and O–H groups in total. The molecule has 0 spiro atoms. The van der Waals surface area contributed by atoms with Gasteiger partial charge in [-0.05, 0) is 85.0 Å². The standard InChI is InChI=1S/C28H30FN3O/c1-4-5-20-6-13-24(14-7-20)31-28(32-33-3)19(2)21-8-10-22(11-9-21)25-16-17-30-27-15-12-23(29)18-26(25)27/h1,6-7,12-19,21-22H,5,8-11H2,2-3H3,(H,31,32). The first-order valence-electron chi connectivity index (χ1n) is 11.5. The highest BCUT2D eigenvalue weighted by molar-refractivity contribution is 5.86. The maximum absolute atomic E-state index is 13.9. The van der Waals surface area contributed by atoms with Crippen LogP contribution in [0.25, 0.3) is 10.9 Å². The van der Waals surface area contributed by atoms with E-state index in [-0.39, 0.29) is 11.7 Å². The fourth-order valence-electron chi connectivity index (χ4n) is 4.92. The van der Waals surface area contributed by atoms with Crippen LogP contribution in [-0.2, 0) is 11.3 Å². The highest BCUT2D eigenvalue weighted by Crippen LogP contribution is 2.41. The number of hydrogen-bond acceptors (Lipinski definition) is 3. The van der Waals surface area contributed by atoms with E-state index in [1.165, 1.54) is 11.6 Å². The Morgan fingerprint density at radius 3 is 2.64 bits per heavy atom. The average molecular weight is 444 g/mol. The van der Waals surface area contributed by atoms with Gasteiger partial charge in [-0.15, -0.1) is 12.3 Å². The third-order valence-electron chi connectivity index (χ3n) is 6.79. The summed E-state index contributed by atoms with van der Waals surface area (Å²) in [6.07, 6.45) is 12.1. The molecule has 4 nitrogen and oxygen atoms in total. The number of pyridine rings is 1. The number of fused-ring (bicyclic) bond motifs is 1. The second kappa shape index (κ2) is 10.6. The molecule has 0 amide bonds. The van der Waals surface area contributed by atoms with Crippen LogP contribution < -0.4 is 5.48 Å². The number of terminal acetylenes is 1. The fourth-order valence-corrected chi connectivity index (χ4v) is 4.92. The molecule has 5 heteroatoms. The van der Waals surface area contributed by atoms with Gasteiger partial charge in [-0.1, -0.05) is 19.1 Å². The van der Waals surface area contributed by atoms with E-state index in [2.05, 4.69) is 29.4 Å². The molecule has 2 aromatic carbocycles. The van der Waals surface area contributed by atoms with Crippen LogP contribution in [0, 0.1) is 30.0 Å². The minimum Gasteiger partial charge on any atom is -0.278 e. The molecule has 1 aromatic heterocycles. The van der Waals surface area contributed by atoms with Crippen molar-refractivity contribution in [2.45, 2.75) is 44.9 Å². The lowest BCUT2D eigenvalue weighted by atomic mass is 9.73. The highest BCUT2D eigenvalue weighted by atomic mass is 19.1. The molecule has 1 unspecified atom stereocenters. The number of aromatic nitrogens is 1. The Morgan fingerprint density at radius 2 is 1.94 bits per heavy atom. The molecular weight excluding hydrogens is 413 g/mol. The molecule has 4 rings (SSSR count). The van der Waals surface area contributed by atoms with Crippen LogP contribution >= 0.6 is 0 Å². The van der Waals surface area contributed by atoms with Crippen LogP contribution in [0.3, 0.4) is 0 Å². The van der Waals surface area contributed by atoms with Crippen molar-refractivity contribution in [3.05, 3.63) is 71.7 Å². The summed E-state index contributed by atoms with van der Waals surface area (Å²) < 4.78 is 13.9. The topological polar surface area (TPSA) is 46.5 Å². The summed E-state index contributed by atoms with van der Waals surface area (Å²) in [7, 11) is 1.61. The smallest absolute Gasteiger partial charge is 0.129 e. The summed E-state index contributed by atoms with van der Waals surface area (Å²) >= 11 is 0. The van der Waals surface area contributed by atoms with E-state index in [4.69, 9.17) is 16.3 Å². The third-order valence-corrected chi connectivity index (χ3v) is 6.79. The SMILES string of the molecule is C#CCc1ccc(N=C(NOC)C(C)C2CCC(c3ccnc4ccc(F)cc34)CC2)cc1. The normalized spacial score (nSPS) is 19.8. The number of rotatable bonds is 6. The molecule has 0 radical (unpaired) electrons. The van der Waals surface area contributed by atoms with Crippen molar-refractivity contribution in [2.75, 3.05) is 7.11 Å². The summed E-state index contributed by atoms with van der Waals surface area (Å²) in [5.74, 6) is 4.42. The number of amidine groups is 1. The maximum atomic E-state index is 13.9. The second-order valence-electron chi connectivity index (χ2n) is 8.81. The number of nitrogens with one attached hydrogen (secondary N) is 1. The predicted octanol–water partition coefficient (Wildman–Crippen LogP) is 6.34. The van der Waals surface area contributed by atoms with E-state index in [0.29, 0.717) is 18.3 Å². The predicted molar refractivity (Wildman–Crippen MR) is 132 cm³/mol. The molecule has 1 fully saturated rings. The Kier molecular flexibility index (Phi) is 7.36. The van der Waals surface area contributed by atoms with Crippen molar-refractivity contribution in [1.29, 1.82) is 0 Å². The van der Waals surface area contributed by atoms with Gasteiger partial charge in [0.25, 0.3) is 0 Å². The van der Waals surface area contributed by atoms with Gasteiger partial charge in [0.1, 0.15) is 11.7 Å². The van der Waals surface area contributed by atoms with Crippen LogP contribution in [-0.4, -0.2) is 17.9 Å². The molecule has 1 saturated carbocycles. The summed E-state index contributed by atoms with van der Waals surface area (Å²) in [5.41, 5.74) is 7.06. The van der Waals surface area contributed by atoms with Gasteiger partial charge in [-0.2, -0.15) is 0 Å². The zero-order valence-corrected chi connectivity index (χ0v) is 19.2.